The van der Waals surface area contributed by atoms with Crippen molar-refractivity contribution in [3.8, 4) is 23.0 Å². The van der Waals surface area contributed by atoms with Gasteiger partial charge in [-0.3, -0.25) is 14.4 Å². The number of anilines is 1. The van der Waals surface area contributed by atoms with Crippen LogP contribution >= 0.6 is 0 Å². The zero-order valence-electron chi connectivity index (χ0n) is 22.1. The zero-order chi connectivity index (χ0) is 27.1. The highest BCUT2D eigenvalue weighted by Gasteiger charge is 2.39. The van der Waals surface area contributed by atoms with Gasteiger partial charge in [0.05, 0.1) is 39.2 Å². The Balaban J connectivity index is 1.23. The maximum absolute atomic E-state index is 13.0. The number of methoxy groups -OCH3 is 3. The second-order valence-corrected chi connectivity index (χ2v) is 9.31. The molecule has 204 valence electrons. The van der Waals surface area contributed by atoms with Crippen molar-refractivity contribution in [3.05, 3.63) is 41.5 Å². The van der Waals surface area contributed by atoms with Gasteiger partial charge in [0.15, 0.2) is 11.5 Å². The first kappa shape index (κ1) is 27.1. The minimum absolute atomic E-state index is 0.0304. The van der Waals surface area contributed by atoms with Gasteiger partial charge in [-0.05, 0) is 50.3 Å². The summed E-state index contributed by atoms with van der Waals surface area (Å²) in [5.74, 6) is 1.89. The Kier molecular flexibility index (Phi) is 8.93. The van der Waals surface area contributed by atoms with Crippen LogP contribution in [-0.4, -0.2) is 63.1 Å². The van der Waals surface area contributed by atoms with Gasteiger partial charge in [0.2, 0.25) is 11.8 Å². The first-order valence-electron chi connectivity index (χ1n) is 12.9. The number of rotatable bonds is 12. The Bertz CT molecular complexity index is 1180. The van der Waals surface area contributed by atoms with Gasteiger partial charge in [-0.15, -0.1) is 0 Å². The smallest absolute Gasteiger partial charge is 0.256 e. The van der Waals surface area contributed by atoms with Crippen LogP contribution < -0.4 is 29.6 Å². The average molecular weight is 526 g/mol. The molecule has 1 atom stereocenters. The molecule has 2 aliphatic rings. The molecular formula is C28H35N3O7. The molecule has 38 heavy (non-hydrogen) atoms. The Labute approximate surface area is 222 Å². The van der Waals surface area contributed by atoms with E-state index in [0.29, 0.717) is 66.8 Å². The maximum atomic E-state index is 13.0. The molecule has 0 aliphatic carbocycles. The van der Waals surface area contributed by atoms with E-state index in [9.17, 15) is 14.4 Å². The summed E-state index contributed by atoms with van der Waals surface area (Å²) in [6.45, 7) is 1.37. The topological polar surface area (TPSA) is 115 Å². The lowest BCUT2D eigenvalue weighted by atomic mass is 10.1. The lowest BCUT2D eigenvalue weighted by molar-refractivity contribution is -0.121. The summed E-state index contributed by atoms with van der Waals surface area (Å²) in [5.41, 5.74) is 1.73. The van der Waals surface area contributed by atoms with Gasteiger partial charge >= 0.3 is 0 Å². The zero-order valence-corrected chi connectivity index (χ0v) is 22.1. The Hall–Kier alpha value is -3.95. The minimum atomic E-state index is -0.430. The summed E-state index contributed by atoms with van der Waals surface area (Å²) < 4.78 is 22.0. The van der Waals surface area contributed by atoms with Gasteiger partial charge in [0, 0.05) is 37.2 Å². The summed E-state index contributed by atoms with van der Waals surface area (Å²) in [4.78, 5) is 39.5. The molecule has 0 radical (unpaired) electrons. The number of hydrogen-bond donors (Lipinski definition) is 2. The fraction of sp³-hybridized carbons (Fsp3) is 0.464. The van der Waals surface area contributed by atoms with Crippen LogP contribution in [-0.2, 0) is 16.1 Å². The van der Waals surface area contributed by atoms with Gasteiger partial charge in [0.25, 0.3) is 5.91 Å². The lowest BCUT2D eigenvalue weighted by Gasteiger charge is -2.20. The van der Waals surface area contributed by atoms with Crippen molar-refractivity contribution in [2.24, 2.45) is 0 Å². The van der Waals surface area contributed by atoms with Crippen molar-refractivity contribution in [2.75, 3.05) is 39.8 Å². The summed E-state index contributed by atoms with van der Waals surface area (Å²) in [5, 5.41) is 5.81. The van der Waals surface area contributed by atoms with Crippen LogP contribution in [0.4, 0.5) is 5.69 Å². The van der Waals surface area contributed by atoms with E-state index in [0.717, 1.165) is 31.2 Å². The standard InChI is InChI=1S/C28H35N3O7/c1-35-19-11-10-18(23(14-19)36-2)17-29-26(32)9-5-4-6-13-38-25-16-21-20(15-24(25)37-3)28(34)31-12-7-8-22(31)27(33)30-21/h10-11,14-16,22H,4-9,12-13,17H2,1-3H3,(H,29,32)(H,30,33)/t22-/m0/s1. The molecule has 2 heterocycles. The van der Waals surface area contributed by atoms with Crippen molar-refractivity contribution < 1.29 is 33.3 Å². The molecule has 0 saturated carbocycles. The van der Waals surface area contributed by atoms with Crippen LogP contribution in [0.5, 0.6) is 23.0 Å². The van der Waals surface area contributed by atoms with Gasteiger partial charge in [-0.2, -0.15) is 0 Å². The van der Waals surface area contributed by atoms with Crippen molar-refractivity contribution in [2.45, 2.75) is 51.1 Å². The Morgan fingerprint density at radius 2 is 1.82 bits per heavy atom. The molecule has 2 aromatic rings. The van der Waals surface area contributed by atoms with E-state index in [1.165, 1.54) is 7.11 Å². The average Bonchev–Trinajstić information content (AvgIpc) is 3.40. The Morgan fingerprint density at radius 3 is 2.58 bits per heavy atom. The third-order valence-corrected chi connectivity index (χ3v) is 6.88. The predicted octanol–water partition coefficient (Wildman–Crippen LogP) is 3.52. The number of benzene rings is 2. The quantitative estimate of drug-likeness (QED) is 0.408. The van der Waals surface area contributed by atoms with E-state index in [4.69, 9.17) is 18.9 Å². The van der Waals surface area contributed by atoms with Gasteiger partial charge in [0.1, 0.15) is 17.5 Å². The number of hydrogen-bond acceptors (Lipinski definition) is 7. The van der Waals surface area contributed by atoms with Crippen LogP contribution in [0.15, 0.2) is 30.3 Å². The highest BCUT2D eigenvalue weighted by Crippen LogP contribution is 2.37. The first-order chi connectivity index (χ1) is 18.4. The van der Waals surface area contributed by atoms with Crippen molar-refractivity contribution in [3.63, 3.8) is 0 Å². The minimum Gasteiger partial charge on any atom is -0.497 e. The molecule has 0 aromatic heterocycles. The Morgan fingerprint density at radius 1 is 1.00 bits per heavy atom. The number of carbonyl (C=O) groups is 3. The molecule has 1 fully saturated rings. The van der Waals surface area contributed by atoms with Gasteiger partial charge in [-0.1, -0.05) is 0 Å². The second-order valence-electron chi connectivity index (χ2n) is 9.31. The highest BCUT2D eigenvalue weighted by atomic mass is 16.5. The fourth-order valence-electron chi connectivity index (χ4n) is 4.79. The normalized spacial score (nSPS) is 16.2. The third-order valence-electron chi connectivity index (χ3n) is 6.88. The summed E-state index contributed by atoms with van der Waals surface area (Å²) >= 11 is 0. The van der Waals surface area contributed by atoms with Crippen LogP contribution in [0.1, 0.15) is 54.4 Å². The number of unbranched alkanes of at least 4 members (excludes halogenated alkanes) is 2. The molecule has 0 spiro atoms. The number of nitrogens with zero attached hydrogens (tertiary/aromatic N) is 1. The van der Waals surface area contributed by atoms with Crippen molar-refractivity contribution in [1.29, 1.82) is 0 Å². The van der Waals surface area contributed by atoms with Crippen LogP contribution in [0.3, 0.4) is 0 Å². The van der Waals surface area contributed by atoms with Gasteiger partial charge in [-0.25, -0.2) is 0 Å². The van der Waals surface area contributed by atoms with Crippen molar-refractivity contribution >= 4 is 23.4 Å². The third kappa shape index (κ3) is 6.12. The van der Waals surface area contributed by atoms with Gasteiger partial charge < -0.3 is 34.5 Å². The highest BCUT2D eigenvalue weighted by molar-refractivity contribution is 6.10. The summed E-state index contributed by atoms with van der Waals surface area (Å²) in [6.07, 6.45) is 4.15. The molecule has 0 bridgehead atoms. The molecule has 1 saturated heterocycles. The SMILES string of the molecule is COc1ccc(CNC(=O)CCCCCOc2cc3c(cc2OC)C(=O)N2CCC[C@H]2C(=O)N3)c(OC)c1. The lowest BCUT2D eigenvalue weighted by Crippen LogP contribution is -2.40. The van der Waals surface area contributed by atoms with Crippen molar-refractivity contribution in [1.82, 2.24) is 10.2 Å². The van der Waals surface area contributed by atoms with E-state index in [-0.39, 0.29) is 17.7 Å². The number of nitrogens with one attached hydrogen (secondary N) is 2. The second kappa shape index (κ2) is 12.5. The molecule has 10 nitrogen and oxygen atoms in total. The molecule has 2 aliphatic heterocycles. The number of fused-ring (bicyclic) bond motifs is 2. The maximum Gasteiger partial charge on any atom is 0.256 e. The fourth-order valence-corrected chi connectivity index (χ4v) is 4.79. The van der Waals surface area contributed by atoms with Crippen LogP contribution in [0, 0.1) is 0 Å². The van der Waals surface area contributed by atoms with E-state index in [1.807, 2.05) is 12.1 Å². The molecule has 0 unspecified atom stereocenters. The summed E-state index contributed by atoms with van der Waals surface area (Å²) in [6, 6.07) is 8.35. The predicted molar refractivity (Wildman–Crippen MR) is 141 cm³/mol. The van der Waals surface area contributed by atoms with E-state index in [1.54, 1.807) is 37.3 Å². The first-order valence-corrected chi connectivity index (χ1v) is 12.9. The number of ether oxygens (including phenoxy) is 4. The molecule has 4 rings (SSSR count). The number of amides is 3. The monoisotopic (exact) mass is 525 g/mol. The molecule has 3 amide bonds. The molecular weight excluding hydrogens is 490 g/mol. The number of carbonyl (C=O) groups excluding carboxylic acids is 3. The van der Waals surface area contributed by atoms with Crippen LogP contribution in [0.2, 0.25) is 0 Å². The van der Waals surface area contributed by atoms with Crippen LogP contribution in [0.25, 0.3) is 0 Å². The largest absolute Gasteiger partial charge is 0.497 e. The molecule has 10 heteroatoms. The van der Waals surface area contributed by atoms with E-state index >= 15 is 0 Å². The van der Waals surface area contributed by atoms with E-state index < -0.39 is 6.04 Å². The molecule has 2 aromatic carbocycles. The van der Waals surface area contributed by atoms with E-state index in [2.05, 4.69) is 10.6 Å². The summed E-state index contributed by atoms with van der Waals surface area (Å²) in [7, 11) is 4.70. The molecule has 2 N–H and O–H groups in total.